The Morgan fingerprint density at radius 1 is 1.00 bits per heavy atom. The average molecular weight is 435 g/mol. The van der Waals surface area contributed by atoms with Crippen molar-refractivity contribution in [2.75, 3.05) is 14.2 Å². The van der Waals surface area contributed by atoms with Crippen molar-refractivity contribution in [2.45, 2.75) is 18.8 Å². The number of hydrogen-bond donors (Lipinski definition) is 0. The Balaban J connectivity index is 1.51. The maximum Gasteiger partial charge on any atom is 0.252 e. The van der Waals surface area contributed by atoms with Crippen LogP contribution in [0.25, 0.3) is 17.2 Å². The number of hydrogen-bond acceptors (Lipinski definition) is 6. The van der Waals surface area contributed by atoms with Crippen LogP contribution in [0.3, 0.4) is 0 Å². The molecule has 7 nitrogen and oxygen atoms in total. The first-order valence-electron chi connectivity index (χ1n) is 9.83. The van der Waals surface area contributed by atoms with Gasteiger partial charge < -0.3 is 9.47 Å². The largest absolute Gasteiger partial charge is 0.493 e. The van der Waals surface area contributed by atoms with E-state index >= 15 is 0 Å². The minimum Gasteiger partial charge on any atom is -0.493 e. The van der Waals surface area contributed by atoms with Crippen molar-refractivity contribution >= 4 is 23.2 Å². The van der Waals surface area contributed by atoms with E-state index in [4.69, 9.17) is 21.1 Å². The third-order valence-electron chi connectivity index (χ3n) is 5.56. The highest BCUT2D eigenvalue weighted by Crippen LogP contribution is 2.36. The van der Waals surface area contributed by atoms with Gasteiger partial charge in [-0.15, -0.1) is 5.10 Å². The Morgan fingerprint density at radius 3 is 2.52 bits per heavy atom. The van der Waals surface area contributed by atoms with E-state index in [0.29, 0.717) is 46.5 Å². The number of halogens is 1. The molecule has 1 aliphatic carbocycles. The van der Waals surface area contributed by atoms with Crippen LogP contribution in [0.5, 0.6) is 11.5 Å². The topological polar surface area (TPSA) is 78.6 Å². The summed E-state index contributed by atoms with van der Waals surface area (Å²) < 4.78 is 12.3. The predicted octanol–water partition coefficient (Wildman–Crippen LogP) is 4.37. The average Bonchev–Trinajstić information content (AvgIpc) is 3.20. The number of rotatable bonds is 4. The standard InChI is InChI=1S/C23H19ClN4O3/c1-30-20-8-5-14(11-21(20)31-2)15-9-18-17(19(29)10-15)12-28-23(25-18)26-22(27-28)13-3-6-16(24)7-4-13/h3-8,11-12,15H,9-10H2,1-2H3. The van der Waals surface area contributed by atoms with E-state index in [-0.39, 0.29) is 11.7 Å². The van der Waals surface area contributed by atoms with E-state index in [1.54, 1.807) is 37.1 Å². The number of methoxy groups -OCH3 is 2. The van der Waals surface area contributed by atoms with Crippen molar-refractivity contribution in [3.05, 3.63) is 70.5 Å². The quantitative estimate of drug-likeness (QED) is 0.474. The molecule has 0 saturated carbocycles. The minimum atomic E-state index is 0.00779. The van der Waals surface area contributed by atoms with Crippen LogP contribution in [0.2, 0.25) is 5.02 Å². The van der Waals surface area contributed by atoms with Gasteiger partial charge in [0.15, 0.2) is 23.1 Å². The molecule has 5 rings (SSSR count). The third kappa shape index (κ3) is 3.51. The van der Waals surface area contributed by atoms with E-state index < -0.39 is 0 Å². The molecule has 156 valence electrons. The molecule has 0 saturated heterocycles. The van der Waals surface area contributed by atoms with Crippen LogP contribution in [-0.2, 0) is 6.42 Å². The van der Waals surface area contributed by atoms with Crippen molar-refractivity contribution in [3.8, 4) is 22.9 Å². The molecule has 4 aromatic rings. The van der Waals surface area contributed by atoms with Gasteiger partial charge in [-0.25, -0.2) is 9.50 Å². The molecule has 1 unspecified atom stereocenters. The molecule has 1 atom stereocenters. The van der Waals surface area contributed by atoms with Gasteiger partial charge in [-0.2, -0.15) is 4.98 Å². The summed E-state index contributed by atoms with van der Waals surface area (Å²) >= 11 is 5.97. The second-order valence-corrected chi connectivity index (χ2v) is 7.87. The van der Waals surface area contributed by atoms with Crippen LogP contribution >= 0.6 is 11.6 Å². The molecule has 0 aliphatic heterocycles. The summed E-state index contributed by atoms with van der Waals surface area (Å²) in [5.41, 5.74) is 3.18. The number of nitrogens with zero attached hydrogens (tertiary/aromatic N) is 4. The monoisotopic (exact) mass is 434 g/mol. The lowest BCUT2D eigenvalue weighted by Gasteiger charge is -2.23. The first-order chi connectivity index (χ1) is 15.1. The number of benzene rings is 2. The lowest BCUT2D eigenvalue weighted by Crippen LogP contribution is -2.21. The maximum absolute atomic E-state index is 12.9. The Labute approximate surface area is 183 Å². The van der Waals surface area contributed by atoms with Crippen LogP contribution in [-0.4, -0.2) is 39.6 Å². The fourth-order valence-corrected chi connectivity index (χ4v) is 4.07. The van der Waals surface area contributed by atoms with E-state index in [9.17, 15) is 4.79 Å². The summed E-state index contributed by atoms with van der Waals surface area (Å²) in [6.07, 6.45) is 2.77. The number of carbonyl (C=O) groups is 1. The van der Waals surface area contributed by atoms with Crippen molar-refractivity contribution < 1.29 is 14.3 Å². The number of Topliss-reactive ketones (excluding diaryl/α,β-unsaturated/α-hetero) is 1. The molecule has 1 aliphatic rings. The summed E-state index contributed by atoms with van der Waals surface area (Å²) in [6, 6.07) is 13.1. The highest BCUT2D eigenvalue weighted by atomic mass is 35.5. The molecule has 0 bridgehead atoms. The molecule has 0 fully saturated rings. The Bertz CT molecular complexity index is 1300. The van der Waals surface area contributed by atoms with Crippen molar-refractivity contribution in [1.82, 2.24) is 19.6 Å². The lowest BCUT2D eigenvalue weighted by atomic mass is 9.82. The van der Waals surface area contributed by atoms with Gasteiger partial charge in [0.05, 0.1) is 25.5 Å². The van der Waals surface area contributed by atoms with E-state index in [0.717, 1.165) is 16.8 Å². The SMILES string of the molecule is COc1ccc(C2CC(=O)c3cn4nc(-c5ccc(Cl)cc5)nc4nc3C2)cc1OC. The van der Waals surface area contributed by atoms with Gasteiger partial charge in [-0.1, -0.05) is 17.7 Å². The van der Waals surface area contributed by atoms with Gasteiger partial charge in [0.25, 0.3) is 5.78 Å². The van der Waals surface area contributed by atoms with Gasteiger partial charge >= 0.3 is 0 Å². The lowest BCUT2D eigenvalue weighted by molar-refractivity contribution is 0.0962. The van der Waals surface area contributed by atoms with E-state index in [1.165, 1.54) is 0 Å². The number of fused-ring (bicyclic) bond motifs is 2. The number of ketones is 1. The fraction of sp³-hybridized carbons (Fsp3) is 0.217. The van der Waals surface area contributed by atoms with Crippen LogP contribution < -0.4 is 9.47 Å². The molecule has 2 aromatic carbocycles. The van der Waals surface area contributed by atoms with Gasteiger partial charge in [0, 0.05) is 23.2 Å². The molecule has 0 spiro atoms. The maximum atomic E-state index is 12.9. The summed E-state index contributed by atoms with van der Waals surface area (Å²) in [6.45, 7) is 0. The molecule has 0 amide bonds. The van der Waals surface area contributed by atoms with Crippen LogP contribution in [0.1, 0.15) is 34.0 Å². The normalized spacial score (nSPS) is 15.7. The van der Waals surface area contributed by atoms with E-state index in [2.05, 4.69) is 15.1 Å². The Morgan fingerprint density at radius 2 is 1.77 bits per heavy atom. The molecule has 0 radical (unpaired) electrons. The predicted molar refractivity (Wildman–Crippen MR) is 116 cm³/mol. The molecule has 31 heavy (non-hydrogen) atoms. The van der Waals surface area contributed by atoms with Gasteiger partial charge in [0.1, 0.15) is 0 Å². The molecule has 2 aromatic heterocycles. The van der Waals surface area contributed by atoms with Crippen molar-refractivity contribution in [2.24, 2.45) is 0 Å². The summed E-state index contributed by atoms with van der Waals surface area (Å²) in [7, 11) is 3.20. The third-order valence-corrected chi connectivity index (χ3v) is 5.82. The Kier molecular flexibility index (Phi) is 4.82. The van der Waals surface area contributed by atoms with Crippen LogP contribution in [0.4, 0.5) is 0 Å². The molecule has 2 heterocycles. The van der Waals surface area contributed by atoms with Gasteiger partial charge in [-0.05, 0) is 54.3 Å². The first kappa shape index (κ1) is 19.5. The fourth-order valence-electron chi connectivity index (χ4n) is 3.95. The van der Waals surface area contributed by atoms with Crippen molar-refractivity contribution in [1.29, 1.82) is 0 Å². The molecule has 0 N–H and O–H groups in total. The number of ether oxygens (including phenoxy) is 2. The summed E-state index contributed by atoms with van der Waals surface area (Å²) in [5.74, 6) is 2.35. The smallest absolute Gasteiger partial charge is 0.252 e. The highest BCUT2D eigenvalue weighted by Gasteiger charge is 2.29. The van der Waals surface area contributed by atoms with Crippen LogP contribution in [0, 0.1) is 0 Å². The molecular formula is C23H19ClN4O3. The van der Waals surface area contributed by atoms with Crippen molar-refractivity contribution in [3.63, 3.8) is 0 Å². The molecule has 8 heteroatoms. The first-order valence-corrected chi connectivity index (χ1v) is 10.2. The van der Waals surface area contributed by atoms with Crippen LogP contribution in [0.15, 0.2) is 48.7 Å². The second-order valence-electron chi connectivity index (χ2n) is 7.43. The highest BCUT2D eigenvalue weighted by molar-refractivity contribution is 6.30. The zero-order chi connectivity index (χ0) is 21.5. The zero-order valence-electron chi connectivity index (χ0n) is 17.0. The van der Waals surface area contributed by atoms with Gasteiger partial charge in [-0.3, -0.25) is 4.79 Å². The Hall–Kier alpha value is -3.45. The minimum absolute atomic E-state index is 0.00779. The summed E-state index contributed by atoms with van der Waals surface area (Å²) in [4.78, 5) is 22.1. The second kappa shape index (κ2) is 7.67. The molecular weight excluding hydrogens is 416 g/mol. The van der Waals surface area contributed by atoms with Gasteiger partial charge in [0.2, 0.25) is 0 Å². The number of aromatic nitrogens is 4. The summed E-state index contributed by atoms with van der Waals surface area (Å²) in [5, 5.41) is 5.14. The van der Waals surface area contributed by atoms with E-state index in [1.807, 2.05) is 30.3 Å². The zero-order valence-corrected chi connectivity index (χ0v) is 17.8. The number of carbonyl (C=O) groups excluding carboxylic acids is 1.